The number of amides is 1. The highest BCUT2D eigenvalue weighted by molar-refractivity contribution is 5.95. The van der Waals surface area contributed by atoms with E-state index in [-0.39, 0.29) is 17.9 Å². The van der Waals surface area contributed by atoms with Crippen LogP contribution in [0.5, 0.6) is 0 Å². The van der Waals surface area contributed by atoms with Crippen LogP contribution in [0, 0.1) is 17.6 Å². The first-order chi connectivity index (χ1) is 12.0. The molecule has 1 unspecified atom stereocenters. The van der Waals surface area contributed by atoms with E-state index in [0.717, 1.165) is 0 Å². The summed E-state index contributed by atoms with van der Waals surface area (Å²) in [5.41, 5.74) is 1.09. The summed E-state index contributed by atoms with van der Waals surface area (Å²) in [4.78, 5) is 25.0. The molecular formula is C19H17F2NO3. The van der Waals surface area contributed by atoms with Crippen molar-refractivity contribution < 1.29 is 23.5 Å². The first-order valence-corrected chi connectivity index (χ1v) is 8.03. The third-order valence-electron chi connectivity index (χ3n) is 4.43. The number of nitrogens with zero attached hydrogens (tertiary/aromatic N) is 1. The van der Waals surface area contributed by atoms with Crippen LogP contribution >= 0.6 is 0 Å². The number of piperidine rings is 1. The fourth-order valence-electron chi connectivity index (χ4n) is 3.04. The summed E-state index contributed by atoms with van der Waals surface area (Å²) in [6, 6.07) is 9.86. The van der Waals surface area contributed by atoms with Gasteiger partial charge in [-0.25, -0.2) is 8.78 Å². The summed E-state index contributed by atoms with van der Waals surface area (Å²) in [6.45, 7) is 0.509. The molecule has 3 rings (SSSR count). The predicted octanol–water partition coefficient (Wildman–Crippen LogP) is 3.57. The molecule has 4 nitrogen and oxygen atoms in total. The molecule has 1 heterocycles. The predicted molar refractivity (Wildman–Crippen MR) is 88.1 cm³/mol. The van der Waals surface area contributed by atoms with Gasteiger partial charge in [-0.3, -0.25) is 9.59 Å². The van der Waals surface area contributed by atoms with E-state index >= 15 is 0 Å². The number of hydrogen-bond donors (Lipinski definition) is 1. The van der Waals surface area contributed by atoms with E-state index in [0.29, 0.717) is 30.5 Å². The van der Waals surface area contributed by atoms with Crippen molar-refractivity contribution in [1.82, 2.24) is 4.90 Å². The molecule has 1 N–H and O–H groups in total. The van der Waals surface area contributed by atoms with Gasteiger partial charge in [-0.1, -0.05) is 18.2 Å². The molecule has 25 heavy (non-hydrogen) atoms. The first-order valence-electron chi connectivity index (χ1n) is 8.03. The van der Waals surface area contributed by atoms with Crippen molar-refractivity contribution in [1.29, 1.82) is 0 Å². The average molecular weight is 345 g/mol. The molecular weight excluding hydrogens is 328 g/mol. The van der Waals surface area contributed by atoms with Crippen LogP contribution in [0.4, 0.5) is 8.78 Å². The number of carbonyl (C=O) groups is 2. The third-order valence-corrected chi connectivity index (χ3v) is 4.43. The Bertz CT molecular complexity index is 805. The lowest BCUT2D eigenvalue weighted by atomic mass is 9.97. The molecule has 0 aliphatic carbocycles. The summed E-state index contributed by atoms with van der Waals surface area (Å²) in [5.74, 6) is -3.11. The van der Waals surface area contributed by atoms with E-state index in [4.69, 9.17) is 5.11 Å². The number of aliphatic carboxylic acids is 1. The minimum Gasteiger partial charge on any atom is -0.481 e. The fraction of sp³-hybridized carbons (Fsp3) is 0.263. The number of benzene rings is 2. The van der Waals surface area contributed by atoms with Crippen molar-refractivity contribution in [2.75, 3.05) is 13.1 Å². The zero-order valence-electron chi connectivity index (χ0n) is 13.4. The van der Waals surface area contributed by atoms with Crippen molar-refractivity contribution in [3.05, 3.63) is 59.7 Å². The van der Waals surface area contributed by atoms with Crippen molar-refractivity contribution >= 4 is 11.9 Å². The van der Waals surface area contributed by atoms with Crippen LogP contribution in [-0.4, -0.2) is 35.0 Å². The number of halogens is 2. The summed E-state index contributed by atoms with van der Waals surface area (Å²) >= 11 is 0. The van der Waals surface area contributed by atoms with Crippen LogP contribution < -0.4 is 0 Å². The van der Waals surface area contributed by atoms with Gasteiger partial charge in [0.05, 0.1) is 11.5 Å². The molecule has 1 fully saturated rings. The van der Waals surface area contributed by atoms with Crippen LogP contribution in [0.1, 0.15) is 23.2 Å². The maximum Gasteiger partial charge on any atom is 0.308 e. The minimum atomic E-state index is -0.940. The maximum atomic E-state index is 14.4. The Morgan fingerprint density at radius 3 is 2.36 bits per heavy atom. The maximum absolute atomic E-state index is 14.4. The number of likely N-dealkylation sites (tertiary alicyclic amines) is 1. The number of carboxylic acid groups (broad SMARTS) is 1. The van der Waals surface area contributed by atoms with E-state index < -0.39 is 23.6 Å². The Morgan fingerprint density at radius 2 is 1.72 bits per heavy atom. The topological polar surface area (TPSA) is 57.6 Å². The van der Waals surface area contributed by atoms with Crippen LogP contribution in [0.3, 0.4) is 0 Å². The van der Waals surface area contributed by atoms with Crippen molar-refractivity contribution in [3.8, 4) is 11.1 Å². The highest BCUT2D eigenvalue weighted by Crippen LogP contribution is 2.24. The molecule has 1 aliphatic heterocycles. The lowest BCUT2D eigenvalue weighted by Crippen LogP contribution is -2.42. The Kier molecular flexibility index (Phi) is 4.79. The number of rotatable bonds is 3. The molecule has 1 atom stereocenters. The van der Waals surface area contributed by atoms with Gasteiger partial charge in [0.1, 0.15) is 11.6 Å². The van der Waals surface area contributed by atoms with Gasteiger partial charge in [-0.15, -0.1) is 0 Å². The van der Waals surface area contributed by atoms with E-state index in [9.17, 15) is 18.4 Å². The highest BCUT2D eigenvalue weighted by Gasteiger charge is 2.29. The van der Waals surface area contributed by atoms with E-state index in [1.165, 1.54) is 41.3 Å². The quantitative estimate of drug-likeness (QED) is 0.925. The standard InChI is InChI=1S/C19H17F2NO3/c20-15-6-3-12(4-7-15)13-5-8-16(17(21)10-13)18(23)22-9-1-2-14(11-22)19(24)25/h3-8,10,14H,1-2,9,11H2,(H,24,25). The molecule has 1 aliphatic rings. The second-order valence-electron chi connectivity index (χ2n) is 6.13. The van der Waals surface area contributed by atoms with Gasteiger partial charge in [-0.05, 0) is 48.2 Å². The molecule has 1 saturated heterocycles. The Morgan fingerprint density at radius 1 is 1.04 bits per heavy atom. The minimum absolute atomic E-state index is 0.0862. The van der Waals surface area contributed by atoms with E-state index in [1.54, 1.807) is 6.07 Å². The molecule has 2 aromatic rings. The number of carbonyl (C=O) groups excluding carboxylic acids is 1. The summed E-state index contributed by atoms with van der Waals surface area (Å²) in [6.07, 6.45) is 1.10. The molecule has 1 amide bonds. The van der Waals surface area contributed by atoms with Crippen LogP contribution in [0.25, 0.3) is 11.1 Å². The second-order valence-corrected chi connectivity index (χ2v) is 6.13. The number of carboxylic acids is 1. The molecule has 130 valence electrons. The van der Waals surface area contributed by atoms with Gasteiger partial charge in [-0.2, -0.15) is 0 Å². The smallest absolute Gasteiger partial charge is 0.308 e. The SMILES string of the molecule is O=C(O)C1CCCN(C(=O)c2ccc(-c3ccc(F)cc3)cc2F)C1. The molecule has 0 spiro atoms. The molecule has 0 saturated carbocycles. The molecule has 2 aromatic carbocycles. The first kappa shape index (κ1) is 17.1. The van der Waals surface area contributed by atoms with Gasteiger partial charge in [0.2, 0.25) is 0 Å². The Labute approximate surface area is 143 Å². The van der Waals surface area contributed by atoms with Crippen LogP contribution in [0.15, 0.2) is 42.5 Å². The van der Waals surface area contributed by atoms with Crippen molar-refractivity contribution in [2.24, 2.45) is 5.92 Å². The molecule has 0 radical (unpaired) electrons. The van der Waals surface area contributed by atoms with Crippen molar-refractivity contribution in [2.45, 2.75) is 12.8 Å². The summed E-state index contributed by atoms with van der Waals surface area (Å²) in [5, 5.41) is 9.11. The largest absolute Gasteiger partial charge is 0.481 e. The van der Waals surface area contributed by atoms with Gasteiger partial charge in [0.25, 0.3) is 5.91 Å². The number of hydrogen-bond acceptors (Lipinski definition) is 2. The summed E-state index contributed by atoms with van der Waals surface area (Å²) < 4.78 is 27.4. The Balaban J connectivity index is 1.81. The lowest BCUT2D eigenvalue weighted by molar-refractivity contribution is -0.143. The van der Waals surface area contributed by atoms with Gasteiger partial charge in [0.15, 0.2) is 0 Å². The normalized spacial score (nSPS) is 17.4. The van der Waals surface area contributed by atoms with E-state index in [2.05, 4.69) is 0 Å². The van der Waals surface area contributed by atoms with Gasteiger partial charge >= 0.3 is 5.97 Å². The second kappa shape index (κ2) is 7.01. The Hall–Kier alpha value is -2.76. The van der Waals surface area contributed by atoms with Crippen molar-refractivity contribution in [3.63, 3.8) is 0 Å². The monoisotopic (exact) mass is 345 g/mol. The third kappa shape index (κ3) is 3.68. The average Bonchev–Trinajstić information content (AvgIpc) is 2.62. The highest BCUT2D eigenvalue weighted by atomic mass is 19.1. The van der Waals surface area contributed by atoms with Crippen LogP contribution in [0.2, 0.25) is 0 Å². The van der Waals surface area contributed by atoms with Gasteiger partial charge in [0, 0.05) is 13.1 Å². The molecule has 6 heteroatoms. The fourth-order valence-corrected chi connectivity index (χ4v) is 3.04. The van der Waals surface area contributed by atoms with Gasteiger partial charge < -0.3 is 10.0 Å². The zero-order chi connectivity index (χ0) is 18.0. The molecule has 0 aromatic heterocycles. The zero-order valence-corrected chi connectivity index (χ0v) is 13.4. The lowest BCUT2D eigenvalue weighted by Gasteiger charge is -2.30. The summed E-state index contributed by atoms with van der Waals surface area (Å²) in [7, 11) is 0. The molecule has 0 bridgehead atoms. The van der Waals surface area contributed by atoms with E-state index in [1.807, 2.05) is 0 Å². The van der Waals surface area contributed by atoms with Crippen LogP contribution in [-0.2, 0) is 4.79 Å².